The summed E-state index contributed by atoms with van der Waals surface area (Å²) in [7, 11) is -2.17. The van der Waals surface area contributed by atoms with Gasteiger partial charge in [0.1, 0.15) is 60.3 Å². The molecule has 1 unspecified atom stereocenters. The van der Waals surface area contributed by atoms with Crippen LogP contribution in [0.4, 0.5) is 5.69 Å². The normalized spacial score (nSPS) is 26.4. The molecule has 31 heteroatoms. The van der Waals surface area contributed by atoms with Crippen LogP contribution in [-0.4, -0.2) is 197 Å². The number of imide groups is 1. The number of sulfonamides is 1. The predicted octanol–water partition coefficient (Wildman–Crippen LogP) is 7.79. The number of likely N-dealkylation sites (tertiary alicyclic amines) is 1. The van der Waals surface area contributed by atoms with Crippen LogP contribution in [0.3, 0.4) is 0 Å². The van der Waals surface area contributed by atoms with Crippen LogP contribution in [-0.2, 0) is 82.1 Å². The summed E-state index contributed by atoms with van der Waals surface area (Å²) in [5, 5.41) is 29.9. The molecule has 115 heavy (non-hydrogen) atoms. The number of carbonyl (C=O) groups is 9. The molecule has 2 bridgehead atoms. The highest BCUT2D eigenvalue weighted by Crippen LogP contribution is 2.65. The number of ketones is 1. The Morgan fingerprint density at radius 3 is 2.05 bits per heavy atom. The van der Waals surface area contributed by atoms with Crippen molar-refractivity contribution < 1.29 is 108 Å². The number of ether oxygens (including phenoxy) is 6. The maximum Gasteiger partial charge on any atom is 0.350 e. The summed E-state index contributed by atoms with van der Waals surface area (Å²) in [5.74, 6) is -10.1. The van der Waals surface area contributed by atoms with Gasteiger partial charge in [0, 0.05) is 117 Å². The van der Waals surface area contributed by atoms with Crippen molar-refractivity contribution in [3.8, 4) is 22.5 Å². The SMILES string of the molecule is CC(=O)O[C@@H]1C(=O)[C@@]2(C)[C@H](O)C[C@@H]3OC[C@]3(OC(C)=O)[C@@H]2[C@@H](OC(=O)c2ccccc2)[C@@]2(O)C[C@@H](OC(=O)[C@@H](OC(=O)C3CCC(CN4C(=O)CC(SCCNS(=O)(=O)c5ccc(-c6c7ccc(=[N+](C)C)cc-7oc7cc(N(C)C)ccc67)c(S(=O)(=O)O)c5)C4=O)CC3)[C@H](NC(=O)c3ccccc3)c3ccccc3)C(C)=C1C2(C)C. The van der Waals surface area contributed by atoms with E-state index < -0.39 is 178 Å². The lowest BCUT2D eigenvalue weighted by Gasteiger charge is -2.67. The summed E-state index contributed by atoms with van der Waals surface area (Å²) < 4.78 is 114. The first-order valence-corrected chi connectivity index (χ1v) is 41.8. The van der Waals surface area contributed by atoms with Gasteiger partial charge in [-0.05, 0) is 117 Å². The van der Waals surface area contributed by atoms with Crippen LogP contribution in [0.25, 0.3) is 33.4 Å². The van der Waals surface area contributed by atoms with Gasteiger partial charge in [0.2, 0.25) is 33.3 Å². The lowest BCUT2D eigenvalue weighted by molar-refractivity contribution is -0.346. The van der Waals surface area contributed by atoms with Crippen molar-refractivity contribution in [1.29, 1.82) is 0 Å². The van der Waals surface area contributed by atoms with Crippen molar-refractivity contribution in [2.75, 3.05) is 58.5 Å². The van der Waals surface area contributed by atoms with Gasteiger partial charge < -0.3 is 53.3 Å². The highest BCUT2D eigenvalue weighted by atomic mass is 32.2. The number of anilines is 1. The fourth-order valence-corrected chi connectivity index (χ4v) is 20.6. The number of rotatable bonds is 23. The first kappa shape index (κ1) is 83.0. The Morgan fingerprint density at radius 1 is 0.783 bits per heavy atom. The topological polar surface area (TPSA) is 385 Å². The summed E-state index contributed by atoms with van der Waals surface area (Å²) in [6.07, 6.45) is -10.8. The Hall–Kier alpha value is -9.99. The van der Waals surface area contributed by atoms with Crippen LogP contribution in [0, 0.1) is 28.6 Å². The zero-order valence-corrected chi connectivity index (χ0v) is 67.5. The monoisotopic (exact) mass is 1630 g/mol. The number of nitrogens with one attached hydrogen (secondary N) is 2. The molecule has 5 N–H and O–H groups in total. The lowest BCUT2D eigenvalue weighted by Crippen LogP contribution is -2.82. The molecule has 5 aromatic carbocycles. The molecule has 0 spiro atoms. The minimum absolute atomic E-state index is 0.000633. The molecule has 5 fully saturated rings. The molecule has 3 heterocycles. The fourth-order valence-electron chi connectivity index (χ4n) is 17.6. The predicted molar refractivity (Wildman–Crippen MR) is 419 cm³/mol. The number of benzene rings is 6. The van der Waals surface area contributed by atoms with Gasteiger partial charge in [-0.3, -0.25) is 43.0 Å². The Balaban J connectivity index is 0.729. The van der Waals surface area contributed by atoms with Gasteiger partial charge in [0.05, 0.1) is 51.7 Å². The van der Waals surface area contributed by atoms with E-state index in [9.17, 15) is 60.4 Å². The van der Waals surface area contributed by atoms with Gasteiger partial charge in [0.15, 0.2) is 17.5 Å². The van der Waals surface area contributed by atoms with Gasteiger partial charge in [-0.2, -0.15) is 8.42 Å². The summed E-state index contributed by atoms with van der Waals surface area (Å²) in [6, 6.07) is 36.4. The second-order valence-corrected chi connectivity index (χ2v) is 36.0. The Kier molecular flexibility index (Phi) is 23.3. The molecule has 3 saturated carbocycles. The number of amides is 3. The van der Waals surface area contributed by atoms with Crippen molar-refractivity contribution in [2.45, 2.75) is 155 Å². The zero-order valence-electron chi connectivity index (χ0n) is 65.1. The van der Waals surface area contributed by atoms with E-state index in [4.69, 9.17) is 32.8 Å². The maximum absolute atomic E-state index is 16.0. The van der Waals surface area contributed by atoms with Gasteiger partial charge in [-0.1, -0.05) is 86.6 Å². The third-order valence-electron chi connectivity index (χ3n) is 23.8. The van der Waals surface area contributed by atoms with Crippen LogP contribution in [0.2, 0.25) is 0 Å². The minimum Gasteiger partial charge on any atom is -0.456 e. The quantitative estimate of drug-likeness (QED) is 0.00596. The number of esters is 5. The fraction of sp³-hybridized carbons (Fsp3) is 0.429. The Morgan fingerprint density at radius 2 is 1.43 bits per heavy atom. The minimum atomic E-state index is -5.09. The highest BCUT2D eigenvalue weighted by Gasteiger charge is 2.78. The van der Waals surface area contributed by atoms with Gasteiger partial charge in [0.25, 0.3) is 16.0 Å². The van der Waals surface area contributed by atoms with Crippen molar-refractivity contribution in [1.82, 2.24) is 19.5 Å². The number of Topliss-reactive ketones (excluding diaryl/α,β-unsaturated/α-hetero) is 1. The van der Waals surface area contributed by atoms with E-state index in [0.717, 1.165) is 47.6 Å². The zero-order chi connectivity index (χ0) is 82.8. The van der Waals surface area contributed by atoms with Crippen LogP contribution >= 0.6 is 11.8 Å². The Bertz CT molecular complexity index is 5360. The number of fused-ring (bicyclic) bond motifs is 7. The molecule has 0 aromatic heterocycles. The molecule has 0 radical (unpaired) electrons. The molecule has 5 aromatic rings. The van der Waals surface area contributed by atoms with Crippen molar-refractivity contribution in [2.24, 2.45) is 28.6 Å². The summed E-state index contributed by atoms with van der Waals surface area (Å²) in [4.78, 5) is 133. The smallest absolute Gasteiger partial charge is 0.350 e. The molecule has 3 amide bonds. The first-order chi connectivity index (χ1) is 54.4. The van der Waals surface area contributed by atoms with Crippen LogP contribution < -0.4 is 24.9 Å². The average molecular weight is 1640 g/mol. The van der Waals surface area contributed by atoms with E-state index in [0.29, 0.717) is 27.9 Å². The number of aliphatic hydroxyl groups is 2. The number of aliphatic hydroxyl groups excluding tert-OH is 1. The van der Waals surface area contributed by atoms with Crippen LogP contribution in [0.5, 0.6) is 0 Å². The molecule has 608 valence electrons. The van der Waals surface area contributed by atoms with Crippen LogP contribution in [0.1, 0.15) is 119 Å². The molecule has 12 atom stereocenters. The van der Waals surface area contributed by atoms with E-state index in [1.807, 2.05) is 49.8 Å². The third kappa shape index (κ3) is 15.8. The van der Waals surface area contributed by atoms with E-state index in [1.54, 1.807) is 91.0 Å². The molecule has 28 nitrogen and oxygen atoms in total. The molecule has 2 saturated heterocycles. The number of hydrogen-bond acceptors (Lipinski definition) is 24. The lowest BCUT2D eigenvalue weighted by atomic mass is 9.44. The largest absolute Gasteiger partial charge is 0.456 e. The Labute approximate surface area is 669 Å². The van der Waals surface area contributed by atoms with Gasteiger partial charge in [-0.15, -0.1) is 11.8 Å². The first-order valence-electron chi connectivity index (χ1n) is 37.9. The third-order valence-corrected chi connectivity index (χ3v) is 27.3. The van der Waals surface area contributed by atoms with Crippen molar-refractivity contribution >= 4 is 102 Å². The number of hydrogen-bond donors (Lipinski definition) is 5. The molecule has 5 aliphatic carbocycles. The number of thioether (sulfide) groups is 1. The molecular weight excluding hydrogens is 1540 g/mol. The molecule has 13 rings (SSSR count). The molecule has 3 aliphatic heterocycles. The second kappa shape index (κ2) is 32.2. The number of carbonyl (C=O) groups excluding carboxylic acids is 9. The second-order valence-electron chi connectivity index (χ2n) is 31.5. The van der Waals surface area contributed by atoms with Gasteiger partial charge in [-0.25, -0.2) is 27.3 Å². The van der Waals surface area contributed by atoms with E-state index in [-0.39, 0.29) is 96.7 Å². The van der Waals surface area contributed by atoms with Gasteiger partial charge >= 0.3 is 29.8 Å². The highest BCUT2D eigenvalue weighted by molar-refractivity contribution is 8.00. The summed E-state index contributed by atoms with van der Waals surface area (Å²) in [6.45, 7) is 7.42. The van der Waals surface area contributed by atoms with E-state index >= 15 is 14.4 Å². The molecule has 8 aliphatic rings. The summed E-state index contributed by atoms with van der Waals surface area (Å²) >= 11 is 1.05. The van der Waals surface area contributed by atoms with Crippen molar-refractivity contribution in [3.63, 3.8) is 0 Å². The van der Waals surface area contributed by atoms with E-state index in [2.05, 4.69) is 10.0 Å². The van der Waals surface area contributed by atoms with Crippen LogP contribution in [0.15, 0.2) is 171 Å². The van der Waals surface area contributed by atoms with Crippen molar-refractivity contribution in [3.05, 3.63) is 179 Å². The molecular formula is C84H92N5O23S3+. The number of nitrogens with zero attached hydrogens (tertiary/aromatic N) is 3. The average Bonchev–Trinajstić information content (AvgIpc) is 0.816. The summed E-state index contributed by atoms with van der Waals surface area (Å²) in [5.41, 5.74) is -5.99. The van der Waals surface area contributed by atoms with E-state index in [1.165, 1.54) is 64.1 Å². The standard InChI is InChI=1S/C84H91N5O23S3/c1-46-62(43-84(100)75(111-79(98)52-24-18-13-19-25-52)73-82(6,65(92)42-66-83(73,45-106-66)112-48(3)91)74(94)71(107-47(2)90)69(46)81(84,4)5)109-80(99)72(70(50-20-14-11-15-21-50)86-76(95)51-22-16-12-17-23-51)110-78(97)53-28-26-49(27-29-53)44-89-67(93)41-63(77(89)96)113-37-36-85-114(101,102)56-32-35-59(64(40-56)115(103,104)105)68-57-33-30-54(87(7)8)38-60(57)108-61-39-55(88(9)10)31-34-58(61)68/h11-25,30-35,38-40,49,53,62-63,65-66,70-73,75,85,92,100H,26-29,36-37,41-45H2,1-10H3,(H-,86,95,103,104,105)/p+1/t49?,53?,62-,63?,65-,66+,70-,71+,72+,73-,75-,82+,83-,84+/m1/s1. The maximum atomic E-state index is 16.0.